The van der Waals surface area contributed by atoms with E-state index >= 15 is 0 Å². The van der Waals surface area contributed by atoms with Crippen molar-refractivity contribution in [3.8, 4) is 5.88 Å². The molecule has 0 spiro atoms. The number of allylic oxidation sites excluding steroid dienone is 1. The average molecular weight is 364 g/mol. The molecule has 0 aliphatic heterocycles. The minimum Gasteiger partial charge on any atom is -0.477 e. The van der Waals surface area contributed by atoms with Crippen LogP contribution in [0.15, 0.2) is 54.7 Å². The van der Waals surface area contributed by atoms with Gasteiger partial charge in [0.05, 0.1) is 12.2 Å². The van der Waals surface area contributed by atoms with Crippen LogP contribution in [0.3, 0.4) is 0 Å². The van der Waals surface area contributed by atoms with E-state index < -0.39 is 17.7 Å². The van der Waals surface area contributed by atoms with Gasteiger partial charge in [0.2, 0.25) is 11.8 Å². The SMILES string of the molecule is CCCOc1ncccc1CNC(=O)/C=C(/c1ccccc1)C(F)(F)F. The molecule has 138 valence electrons. The van der Waals surface area contributed by atoms with Crippen molar-refractivity contribution in [2.24, 2.45) is 0 Å². The molecule has 0 aliphatic carbocycles. The third-order valence-electron chi connectivity index (χ3n) is 3.41. The number of amides is 1. The number of carbonyl (C=O) groups excluding carboxylic acids is 1. The number of pyridine rings is 1. The van der Waals surface area contributed by atoms with Gasteiger partial charge in [-0.15, -0.1) is 0 Å². The zero-order chi connectivity index (χ0) is 19.0. The number of ether oxygens (including phenoxy) is 1. The van der Waals surface area contributed by atoms with Crippen LogP contribution >= 0.6 is 0 Å². The Balaban J connectivity index is 2.13. The molecular formula is C19H19F3N2O2. The predicted molar refractivity (Wildman–Crippen MR) is 92.3 cm³/mol. The van der Waals surface area contributed by atoms with Crippen LogP contribution in [-0.2, 0) is 11.3 Å². The van der Waals surface area contributed by atoms with Crippen LogP contribution in [0.1, 0.15) is 24.5 Å². The van der Waals surface area contributed by atoms with Gasteiger partial charge >= 0.3 is 6.18 Å². The summed E-state index contributed by atoms with van der Waals surface area (Å²) in [5.41, 5.74) is -0.469. The zero-order valence-electron chi connectivity index (χ0n) is 14.2. The van der Waals surface area contributed by atoms with Gasteiger partial charge in [-0.05, 0) is 18.1 Å². The van der Waals surface area contributed by atoms with Gasteiger partial charge in [-0.3, -0.25) is 4.79 Å². The van der Waals surface area contributed by atoms with Crippen LogP contribution in [0.2, 0.25) is 0 Å². The Morgan fingerprint density at radius 2 is 1.92 bits per heavy atom. The second-order valence-electron chi connectivity index (χ2n) is 5.46. The number of nitrogens with zero attached hydrogens (tertiary/aromatic N) is 1. The van der Waals surface area contributed by atoms with Gasteiger partial charge in [0, 0.05) is 24.4 Å². The molecule has 0 fully saturated rings. The Bertz CT molecular complexity index is 759. The molecule has 0 bridgehead atoms. The van der Waals surface area contributed by atoms with E-state index in [0.717, 1.165) is 6.42 Å². The summed E-state index contributed by atoms with van der Waals surface area (Å²) in [7, 11) is 0. The third-order valence-corrected chi connectivity index (χ3v) is 3.41. The monoisotopic (exact) mass is 364 g/mol. The maximum atomic E-state index is 13.3. The van der Waals surface area contributed by atoms with Crippen molar-refractivity contribution >= 4 is 11.5 Å². The summed E-state index contributed by atoms with van der Waals surface area (Å²) in [6.45, 7) is 2.42. The van der Waals surface area contributed by atoms with Gasteiger partial charge in [0.1, 0.15) is 0 Å². The van der Waals surface area contributed by atoms with Crippen molar-refractivity contribution in [2.45, 2.75) is 26.1 Å². The topological polar surface area (TPSA) is 51.2 Å². The Kier molecular flexibility index (Phi) is 6.77. The van der Waals surface area contributed by atoms with E-state index in [4.69, 9.17) is 4.74 Å². The van der Waals surface area contributed by atoms with E-state index in [1.165, 1.54) is 24.3 Å². The summed E-state index contributed by atoms with van der Waals surface area (Å²) in [6, 6.07) is 10.6. The number of halogens is 3. The fourth-order valence-corrected chi connectivity index (χ4v) is 2.20. The fourth-order valence-electron chi connectivity index (χ4n) is 2.20. The maximum Gasteiger partial charge on any atom is 0.417 e. The molecular weight excluding hydrogens is 345 g/mol. The normalized spacial score (nSPS) is 11.9. The first kappa shape index (κ1) is 19.5. The molecule has 4 nitrogen and oxygen atoms in total. The molecule has 26 heavy (non-hydrogen) atoms. The van der Waals surface area contributed by atoms with Crippen molar-refractivity contribution in [3.63, 3.8) is 0 Å². The summed E-state index contributed by atoms with van der Waals surface area (Å²) in [5, 5.41) is 2.45. The molecule has 7 heteroatoms. The molecule has 2 aromatic rings. The highest BCUT2D eigenvalue weighted by molar-refractivity contribution is 5.96. The Morgan fingerprint density at radius 1 is 1.19 bits per heavy atom. The zero-order valence-corrected chi connectivity index (χ0v) is 14.2. The first-order valence-corrected chi connectivity index (χ1v) is 8.10. The van der Waals surface area contributed by atoms with E-state index in [2.05, 4.69) is 10.3 Å². The van der Waals surface area contributed by atoms with Gasteiger partial charge < -0.3 is 10.1 Å². The Hall–Kier alpha value is -2.83. The minimum absolute atomic E-state index is 0.0160. The number of carbonyl (C=O) groups is 1. The first-order chi connectivity index (χ1) is 12.4. The van der Waals surface area contributed by atoms with E-state index in [-0.39, 0.29) is 12.1 Å². The molecule has 1 aromatic carbocycles. The first-order valence-electron chi connectivity index (χ1n) is 8.10. The molecule has 0 aliphatic rings. The van der Waals surface area contributed by atoms with Gasteiger partial charge in [-0.2, -0.15) is 13.2 Å². The number of hydrogen-bond acceptors (Lipinski definition) is 3. The lowest BCUT2D eigenvalue weighted by Gasteiger charge is -2.13. The van der Waals surface area contributed by atoms with E-state index in [0.29, 0.717) is 24.1 Å². The average Bonchev–Trinajstić information content (AvgIpc) is 2.63. The van der Waals surface area contributed by atoms with Crippen molar-refractivity contribution in [1.29, 1.82) is 0 Å². The van der Waals surface area contributed by atoms with Crippen LogP contribution in [0, 0.1) is 0 Å². The van der Waals surface area contributed by atoms with Crippen molar-refractivity contribution in [1.82, 2.24) is 10.3 Å². The molecule has 0 atom stereocenters. The molecule has 1 aromatic heterocycles. The molecule has 1 amide bonds. The standard InChI is InChI=1S/C19H19F3N2O2/c1-2-11-26-18-15(9-6-10-23-18)13-24-17(25)12-16(19(20,21)22)14-7-4-3-5-8-14/h3-10,12H,2,11,13H2,1H3,(H,24,25)/b16-12-. The highest BCUT2D eigenvalue weighted by Crippen LogP contribution is 2.33. The van der Waals surface area contributed by atoms with Crippen LogP contribution in [0.5, 0.6) is 5.88 Å². The summed E-state index contributed by atoms with van der Waals surface area (Å²) in [6.07, 6.45) is -1.73. The summed E-state index contributed by atoms with van der Waals surface area (Å²) in [4.78, 5) is 16.1. The highest BCUT2D eigenvalue weighted by Gasteiger charge is 2.35. The number of aromatic nitrogens is 1. The minimum atomic E-state index is -4.64. The van der Waals surface area contributed by atoms with Gasteiger partial charge in [-0.1, -0.05) is 43.3 Å². The molecule has 0 radical (unpaired) electrons. The number of alkyl halides is 3. The van der Waals surface area contributed by atoms with E-state index in [1.54, 1.807) is 24.4 Å². The summed E-state index contributed by atoms with van der Waals surface area (Å²) >= 11 is 0. The molecule has 1 N–H and O–H groups in total. The lowest BCUT2D eigenvalue weighted by atomic mass is 10.1. The Labute approximate surface area is 149 Å². The van der Waals surface area contributed by atoms with Crippen molar-refractivity contribution in [2.75, 3.05) is 6.61 Å². The van der Waals surface area contributed by atoms with Crippen molar-refractivity contribution < 1.29 is 22.7 Å². The van der Waals surface area contributed by atoms with E-state index in [1.807, 2.05) is 6.92 Å². The highest BCUT2D eigenvalue weighted by atomic mass is 19.4. The molecule has 1 heterocycles. The second kappa shape index (κ2) is 9.03. The predicted octanol–water partition coefficient (Wildman–Crippen LogP) is 4.13. The van der Waals surface area contributed by atoms with Crippen LogP contribution in [-0.4, -0.2) is 23.7 Å². The number of nitrogens with one attached hydrogen (secondary N) is 1. The summed E-state index contributed by atoms with van der Waals surface area (Å²) < 4.78 is 45.2. The Morgan fingerprint density at radius 3 is 2.58 bits per heavy atom. The van der Waals surface area contributed by atoms with Crippen LogP contribution in [0.4, 0.5) is 13.2 Å². The largest absolute Gasteiger partial charge is 0.477 e. The second-order valence-corrected chi connectivity index (χ2v) is 5.46. The fraction of sp³-hybridized carbons (Fsp3) is 0.263. The quantitative estimate of drug-likeness (QED) is 0.752. The van der Waals surface area contributed by atoms with Gasteiger partial charge in [0.15, 0.2) is 0 Å². The molecule has 0 unspecified atom stereocenters. The third kappa shape index (κ3) is 5.61. The van der Waals surface area contributed by atoms with Gasteiger partial charge in [0.25, 0.3) is 0 Å². The van der Waals surface area contributed by atoms with Gasteiger partial charge in [-0.25, -0.2) is 4.98 Å². The van der Waals surface area contributed by atoms with Crippen LogP contribution < -0.4 is 10.1 Å². The maximum absolute atomic E-state index is 13.3. The number of hydrogen-bond donors (Lipinski definition) is 1. The van der Waals surface area contributed by atoms with E-state index in [9.17, 15) is 18.0 Å². The lowest BCUT2D eigenvalue weighted by molar-refractivity contribution is -0.117. The lowest BCUT2D eigenvalue weighted by Crippen LogP contribution is -2.23. The smallest absolute Gasteiger partial charge is 0.417 e. The van der Waals surface area contributed by atoms with Crippen LogP contribution in [0.25, 0.3) is 5.57 Å². The molecule has 0 saturated heterocycles. The summed E-state index contributed by atoms with van der Waals surface area (Å²) in [5.74, 6) is -0.482. The van der Waals surface area contributed by atoms with Crippen molar-refractivity contribution in [3.05, 3.63) is 65.9 Å². The number of benzene rings is 1. The molecule has 0 saturated carbocycles. The number of rotatable bonds is 7. The molecule has 2 rings (SSSR count).